The summed E-state index contributed by atoms with van der Waals surface area (Å²) in [6.07, 6.45) is 3.68. The Morgan fingerprint density at radius 2 is 2.14 bits per heavy atom. The van der Waals surface area contributed by atoms with E-state index in [9.17, 15) is 0 Å². The van der Waals surface area contributed by atoms with Crippen LogP contribution >= 0.6 is 0 Å². The molecule has 5 nitrogen and oxygen atoms in total. The minimum Gasteiger partial charge on any atom is -0.338 e. The molecule has 1 saturated heterocycles. The molecule has 3 rings (SSSR count). The molecule has 2 heterocycles. The summed E-state index contributed by atoms with van der Waals surface area (Å²) in [5, 5.41) is 3.98. The van der Waals surface area contributed by atoms with Crippen LogP contribution in [0.5, 0.6) is 0 Å². The van der Waals surface area contributed by atoms with Crippen molar-refractivity contribution in [2.75, 3.05) is 13.1 Å². The lowest BCUT2D eigenvalue weighted by Gasteiger charge is -2.31. The van der Waals surface area contributed by atoms with E-state index in [1.54, 1.807) is 0 Å². The molecule has 0 spiro atoms. The fraction of sp³-hybridized carbons (Fsp3) is 0.500. The van der Waals surface area contributed by atoms with Gasteiger partial charge in [0.1, 0.15) is 0 Å². The Hall–Kier alpha value is -1.72. The first-order valence-electron chi connectivity index (χ1n) is 7.61. The van der Waals surface area contributed by atoms with Gasteiger partial charge in [-0.25, -0.2) is 0 Å². The van der Waals surface area contributed by atoms with E-state index in [4.69, 9.17) is 10.3 Å². The van der Waals surface area contributed by atoms with Crippen molar-refractivity contribution in [1.82, 2.24) is 15.0 Å². The van der Waals surface area contributed by atoms with Crippen molar-refractivity contribution >= 4 is 0 Å². The maximum absolute atomic E-state index is 5.49. The first kappa shape index (κ1) is 14.2. The summed E-state index contributed by atoms with van der Waals surface area (Å²) < 4.78 is 5.07. The highest BCUT2D eigenvalue weighted by atomic mass is 16.5. The number of aromatic nitrogens is 2. The van der Waals surface area contributed by atoms with Crippen molar-refractivity contribution in [3.63, 3.8) is 0 Å². The number of benzene rings is 1. The average Bonchev–Trinajstić information content (AvgIpc) is 2.96. The normalized spacial score (nSPS) is 19.8. The van der Waals surface area contributed by atoms with E-state index in [0.717, 1.165) is 31.9 Å². The maximum atomic E-state index is 5.49. The van der Waals surface area contributed by atoms with Gasteiger partial charge in [-0.3, -0.25) is 4.90 Å². The van der Waals surface area contributed by atoms with Gasteiger partial charge in [0.05, 0.1) is 13.1 Å². The van der Waals surface area contributed by atoms with Gasteiger partial charge in [-0.2, -0.15) is 4.98 Å². The van der Waals surface area contributed by atoms with E-state index in [1.165, 1.54) is 18.4 Å². The van der Waals surface area contributed by atoms with Crippen molar-refractivity contribution in [3.8, 4) is 0 Å². The minimum atomic E-state index is 0.309. The number of nitrogens with two attached hydrogens (primary N) is 1. The minimum absolute atomic E-state index is 0.309. The molecular formula is C16H22N4O. The summed E-state index contributed by atoms with van der Waals surface area (Å²) in [7, 11) is 0. The number of hydrogen-bond acceptors (Lipinski definition) is 5. The van der Waals surface area contributed by atoms with Crippen LogP contribution in [0.2, 0.25) is 0 Å². The molecule has 0 radical (unpaired) electrons. The predicted octanol–water partition coefficient (Wildman–Crippen LogP) is 1.98. The summed E-state index contributed by atoms with van der Waals surface area (Å²) in [4.78, 5) is 6.71. The second-order valence-corrected chi connectivity index (χ2v) is 5.74. The number of piperidine rings is 1. The van der Waals surface area contributed by atoms with Crippen LogP contribution in [0.3, 0.4) is 0 Å². The third-order valence-electron chi connectivity index (χ3n) is 4.02. The largest absolute Gasteiger partial charge is 0.338 e. The van der Waals surface area contributed by atoms with Gasteiger partial charge in [-0.15, -0.1) is 0 Å². The van der Waals surface area contributed by atoms with Gasteiger partial charge in [0, 0.05) is 6.54 Å². The Morgan fingerprint density at radius 3 is 2.90 bits per heavy atom. The SMILES string of the molecule is NCc1nc(CN2CCCC(Cc3ccccc3)C2)no1. The molecule has 21 heavy (non-hydrogen) atoms. The first-order valence-corrected chi connectivity index (χ1v) is 7.61. The first-order chi connectivity index (χ1) is 10.3. The van der Waals surface area contributed by atoms with Crippen molar-refractivity contribution in [1.29, 1.82) is 0 Å². The monoisotopic (exact) mass is 286 g/mol. The molecule has 5 heteroatoms. The molecule has 112 valence electrons. The van der Waals surface area contributed by atoms with Crippen LogP contribution < -0.4 is 5.73 Å². The molecule has 1 atom stereocenters. The third kappa shape index (κ3) is 3.89. The standard InChI is InChI=1S/C16H22N4O/c17-10-16-18-15(19-21-16)12-20-8-4-7-14(11-20)9-13-5-2-1-3-6-13/h1-3,5-6,14H,4,7-12,17H2. The summed E-state index contributed by atoms with van der Waals surface area (Å²) in [6.45, 7) is 3.28. The topological polar surface area (TPSA) is 68.2 Å². The molecule has 1 fully saturated rings. The smallest absolute Gasteiger partial charge is 0.240 e. The molecule has 0 saturated carbocycles. The second kappa shape index (κ2) is 6.83. The van der Waals surface area contributed by atoms with E-state index in [0.29, 0.717) is 18.4 Å². The van der Waals surface area contributed by atoms with Crippen LogP contribution in [0, 0.1) is 5.92 Å². The lowest BCUT2D eigenvalue weighted by atomic mass is 9.91. The van der Waals surface area contributed by atoms with Crippen LogP contribution in [-0.4, -0.2) is 28.1 Å². The predicted molar refractivity (Wildman–Crippen MR) is 80.3 cm³/mol. The number of hydrogen-bond donors (Lipinski definition) is 1. The van der Waals surface area contributed by atoms with Gasteiger partial charge >= 0.3 is 0 Å². The average molecular weight is 286 g/mol. The second-order valence-electron chi connectivity index (χ2n) is 5.74. The zero-order valence-electron chi connectivity index (χ0n) is 12.2. The van der Waals surface area contributed by atoms with E-state index in [-0.39, 0.29) is 0 Å². The Labute approximate surface area is 125 Å². The maximum Gasteiger partial charge on any atom is 0.240 e. The fourth-order valence-corrected chi connectivity index (χ4v) is 3.05. The summed E-state index contributed by atoms with van der Waals surface area (Å²) >= 11 is 0. The third-order valence-corrected chi connectivity index (χ3v) is 4.02. The van der Waals surface area contributed by atoms with E-state index < -0.39 is 0 Å². The van der Waals surface area contributed by atoms with Crippen LogP contribution in [0.15, 0.2) is 34.9 Å². The van der Waals surface area contributed by atoms with Gasteiger partial charge in [-0.05, 0) is 37.3 Å². The molecule has 2 aromatic rings. The molecule has 2 N–H and O–H groups in total. The van der Waals surface area contributed by atoms with Crippen molar-refractivity contribution in [3.05, 3.63) is 47.6 Å². The van der Waals surface area contributed by atoms with Gasteiger partial charge in [0.15, 0.2) is 5.82 Å². The molecule has 1 aromatic heterocycles. The lowest BCUT2D eigenvalue weighted by molar-refractivity contribution is 0.162. The molecule has 1 unspecified atom stereocenters. The van der Waals surface area contributed by atoms with E-state index in [2.05, 4.69) is 45.4 Å². The van der Waals surface area contributed by atoms with Gasteiger partial charge in [-0.1, -0.05) is 35.5 Å². The Bertz CT molecular complexity index is 554. The number of likely N-dealkylation sites (tertiary alicyclic amines) is 1. The summed E-state index contributed by atoms with van der Waals surface area (Å²) in [5.74, 6) is 1.97. The molecule has 1 aliphatic rings. The fourth-order valence-electron chi connectivity index (χ4n) is 3.05. The van der Waals surface area contributed by atoms with Gasteiger partial charge in [0.25, 0.3) is 0 Å². The van der Waals surface area contributed by atoms with E-state index in [1.807, 2.05) is 0 Å². The van der Waals surface area contributed by atoms with Crippen LogP contribution in [-0.2, 0) is 19.5 Å². The highest BCUT2D eigenvalue weighted by Gasteiger charge is 2.21. The quantitative estimate of drug-likeness (QED) is 0.910. The van der Waals surface area contributed by atoms with Crippen LogP contribution in [0.25, 0.3) is 0 Å². The van der Waals surface area contributed by atoms with Crippen molar-refractivity contribution in [2.45, 2.75) is 32.4 Å². The van der Waals surface area contributed by atoms with Gasteiger partial charge in [0.2, 0.25) is 5.89 Å². The van der Waals surface area contributed by atoms with Crippen molar-refractivity contribution in [2.24, 2.45) is 11.7 Å². The number of nitrogens with zero attached hydrogens (tertiary/aromatic N) is 3. The summed E-state index contributed by atoms with van der Waals surface area (Å²) in [6, 6.07) is 10.7. The lowest BCUT2D eigenvalue weighted by Crippen LogP contribution is -2.36. The Morgan fingerprint density at radius 1 is 1.29 bits per heavy atom. The molecule has 1 aromatic carbocycles. The summed E-state index contributed by atoms with van der Waals surface area (Å²) in [5.41, 5.74) is 6.92. The highest BCUT2D eigenvalue weighted by molar-refractivity contribution is 5.15. The Balaban J connectivity index is 1.55. The van der Waals surface area contributed by atoms with Crippen LogP contribution in [0.1, 0.15) is 30.1 Å². The molecule has 1 aliphatic heterocycles. The molecular weight excluding hydrogens is 264 g/mol. The zero-order chi connectivity index (χ0) is 14.5. The van der Waals surface area contributed by atoms with E-state index >= 15 is 0 Å². The molecule has 0 bridgehead atoms. The molecule has 0 aliphatic carbocycles. The van der Waals surface area contributed by atoms with Crippen LogP contribution in [0.4, 0.5) is 0 Å². The molecule has 0 amide bonds. The zero-order valence-corrected chi connectivity index (χ0v) is 12.2. The van der Waals surface area contributed by atoms with Crippen molar-refractivity contribution < 1.29 is 4.52 Å². The van der Waals surface area contributed by atoms with Gasteiger partial charge < -0.3 is 10.3 Å². The Kier molecular flexibility index (Phi) is 4.62. The number of rotatable bonds is 5. The highest BCUT2D eigenvalue weighted by Crippen LogP contribution is 2.21.